The van der Waals surface area contributed by atoms with Gasteiger partial charge in [0.05, 0.1) is 11.9 Å². The van der Waals surface area contributed by atoms with E-state index in [1.807, 2.05) is 6.20 Å². The molecule has 1 aromatic heterocycles. The van der Waals surface area contributed by atoms with E-state index in [1.165, 1.54) is 11.9 Å². The SMILES string of the molecule is C[P+](C)(C)Cc1ccc[nH]1.[I-]. The molecule has 1 heterocycles. The minimum absolute atomic E-state index is 0. The second-order valence-electron chi connectivity index (χ2n) is 3.64. The Morgan fingerprint density at radius 1 is 1.36 bits per heavy atom. The Morgan fingerprint density at radius 3 is 2.36 bits per heavy atom. The van der Waals surface area contributed by atoms with Crippen molar-refractivity contribution in [2.75, 3.05) is 20.0 Å². The van der Waals surface area contributed by atoms with Crippen molar-refractivity contribution in [1.29, 1.82) is 0 Å². The summed E-state index contributed by atoms with van der Waals surface area (Å²) in [4.78, 5) is 3.22. The molecule has 11 heavy (non-hydrogen) atoms. The van der Waals surface area contributed by atoms with Gasteiger partial charge in [0.15, 0.2) is 0 Å². The van der Waals surface area contributed by atoms with Crippen molar-refractivity contribution in [2.45, 2.75) is 6.16 Å². The summed E-state index contributed by atoms with van der Waals surface area (Å²) in [5.74, 6) is 0. The normalized spacial score (nSPS) is 10.8. The zero-order valence-corrected chi connectivity index (χ0v) is 10.3. The van der Waals surface area contributed by atoms with E-state index in [4.69, 9.17) is 0 Å². The number of aromatic nitrogens is 1. The van der Waals surface area contributed by atoms with Crippen LogP contribution < -0.4 is 24.0 Å². The third-order valence-corrected chi connectivity index (χ3v) is 2.60. The summed E-state index contributed by atoms with van der Waals surface area (Å²) in [6.07, 6.45) is 3.23. The number of halogens is 1. The highest BCUT2D eigenvalue weighted by Crippen LogP contribution is 2.49. The van der Waals surface area contributed by atoms with Crippen LogP contribution >= 0.6 is 7.26 Å². The van der Waals surface area contributed by atoms with Gasteiger partial charge in [-0.25, -0.2) is 0 Å². The van der Waals surface area contributed by atoms with Crippen LogP contribution in [-0.2, 0) is 6.16 Å². The first kappa shape index (κ1) is 11.4. The first-order valence-corrected chi connectivity index (χ1v) is 6.82. The fraction of sp³-hybridized carbons (Fsp3) is 0.500. The van der Waals surface area contributed by atoms with Crippen molar-refractivity contribution in [1.82, 2.24) is 4.98 Å². The predicted molar refractivity (Wildman–Crippen MR) is 49.2 cm³/mol. The molecule has 64 valence electrons. The van der Waals surface area contributed by atoms with Crippen LogP contribution in [0.4, 0.5) is 0 Å². The highest BCUT2D eigenvalue weighted by atomic mass is 127. The maximum absolute atomic E-state index is 3.22. The number of aromatic amines is 1. The van der Waals surface area contributed by atoms with E-state index in [9.17, 15) is 0 Å². The number of hydrogen-bond donors (Lipinski definition) is 1. The maximum atomic E-state index is 3.22. The lowest BCUT2D eigenvalue weighted by Gasteiger charge is -2.09. The zero-order valence-electron chi connectivity index (χ0n) is 7.26. The van der Waals surface area contributed by atoms with E-state index in [0.717, 1.165) is 0 Å². The molecule has 0 atom stereocenters. The van der Waals surface area contributed by atoms with Crippen LogP contribution in [0.15, 0.2) is 18.3 Å². The Labute approximate surface area is 86.3 Å². The number of rotatable bonds is 2. The highest BCUT2D eigenvalue weighted by Gasteiger charge is 2.17. The lowest BCUT2D eigenvalue weighted by atomic mass is 10.5. The lowest BCUT2D eigenvalue weighted by molar-refractivity contribution is -0.00000253. The predicted octanol–water partition coefficient (Wildman–Crippen LogP) is -0.574. The van der Waals surface area contributed by atoms with Gasteiger partial charge in [0, 0.05) is 33.5 Å². The van der Waals surface area contributed by atoms with Crippen molar-refractivity contribution in [3.63, 3.8) is 0 Å². The molecule has 1 rings (SSSR count). The number of nitrogens with one attached hydrogen (secondary N) is 1. The van der Waals surface area contributed by atoms with Gasteiger partial charge < -0.3 is 29.0 Å². The Hall–Kier alpha value is 0.440. The van der Waals surface area contributed by atoms with Gasteiger partial charge >= 0.3 is 0 Å². The van der Waals surface area contributed by atoms with E-state index in [1.54, 1.807) is 0 Å². The molecule has 1 nitrogen and oxygen atoms in total. The first-order valence-electron chi connectivity index (χ1n) is 3.51. The van der Waals surface area contributed by atoms with Crippen LogP contribution in [-0.4, -0.2) is 25.0 Å². The van der Waals surface area contributed by atoms with Gasteiger partial charge in [0.25, 0.3) is 0 Å². The molecule has 1 N–H and O–H groups in total. The summed E-state index contributed by atoms with van der Waals surface area (Å²) in [6.45, 7) is 7.06. The van der Waals surface area contributed by atoms with Crippen molar-refractivity contribution < 1.29 is 24.0 Å². The Kier molecular flexibility index (Phi) is 4.64. The molecular formula is C8H15INP. The van der Waals surface area contributed by atoms with Crippen LogP contribution in [0.5, 0.6) is 0 Å². The Balaban J connectivity index is 0.000001000. The van der Waals surface area contributed by atoms with Crippen molar-refractivity contribution in [3.05, 3.63) is 24.0 Å². The molecule has 0 aliphatic carbocycles. The first-order chi connectivity index (χ1) is 4.58. The molecule has 0 aliphatic heterocycles. The summed E-state index contributed by atoms with van der Waals surface area (Å²) in [6, 6.07) is 4.22. The van der Waals surface area contributed by atoms with Crippen LogP contribution in [0, 0.1) is 0 Å². The standard InChI is InChI=1S/C8H15NP.HI/c1-10(2,3)7-8-5-4-6-9-8;/h4-6,9H,7H2,1-3H3;1H/q+1;/p-1. The molecule has 0 saturated heterocycles. The molecule has 0 saturated carbocycles. The quantitative estimate of drug-likeness (QED) is 0.552. The summed E-state index contributed by atoms with van der Waals surface area (Å²) < 4.78 is 0. The fourth-order valence-electron chi connectivity index (χ4n) is 0.977. The summed E-state index contributed by atoms with van der Waals surface area (Å²) in [5, 5.41) is 0. The van der Waals surface area contributed by atoms with Crippen molar-refractivity contribution in [2.24, 2.45) is 0 Å². The Morgan fingerprint density at radius 2 is 2.00 bits per heavy atom. The number of H-pyrrole nitrogens is 1. The van der Waals surface area contributed by atoms with E-state index >= 15 is 0 Å². The molecule has 0 aliphatic rings. The molecule has 0 unspecified atom stereocenters. The number of hydrogen-bond acceptors (Lipinski definition) is 0. The highest BCUT2D eigenvalue weighted by molar-refractivity contribution is 7.72. The van der Waals surface area contributed by atoms with E-state index in [-0.39, 0.29) is 24.0 Å². The largest absolute Gasteiger partial charge is 1.00 e. The summed E-state index contributed by atoms with van der Waals surface area (Å²) in [7, 11) is -0.636. The zero-order chi connectivity index (χ0) is 7.61. The molecule has 0 aromatic carbocycles. The Bertz CT molecular complexity index is 188. The van der Waals surface area contributed by atoms with Gasteiger partial charge in [-0.15, -0.1) is 0 Å². The molecule has 0 fully saturated rings. The van der Waals surface area contributed by atoms with Crippen LogP contribution in [0.1, 0.15) is 5.69 Å². The van der Waals surface area contributed by atoms with Crippen LogP contribution in [0.2, 0.25) is 0 Å². The molecule has 0 bridgehead atoms. The molecule has 0 radical (unpaired) electrons. The second-order valence-corrected chi connectivity index (χ2v) is 8.54. The second kappa shape index (κ2) is 4.46. The van der Waals surface area contributed by atoms with Crippen LogP contribution in [0.25, 0.3) is 0 Å². The average molecular weight is 283 g/mol. The molecule has 1 aromatic rings. The summed E-state index contributed by atoms with van der Waals surface area (Å²) in [5.41, 5.74) is 1.38. The molecule has 0 amide bonds. The maximum Gasteiger partial charge on any atom is 0.0982 e. The van der Waals surface area contributed by atoms with Gasteiger partial charge in [0.2, 0.25) is 0 Å². The van der Waals surface area contributed by atoms with Gasteiger partial charge in [-0.05, 0) is 12.1 Å². The monoisotopic (exact) mass is 283 g/mol. The fourth-order valence-corrected chi connectivity index (χ4v) is 2.20. The summed E-state index contributed by atoms with van der Waals surface area (Å²) >= 11 is 0. The van der Waals surface area contributed by atoms with E-state index < -0.39 is 7.26 Å². The molecule has 0 spiro atoms. The molecular weight excluding hydrogens is 268 g/mol. The van der Waals surface area contributed by atoms with Crippen molar-refractivity contribution in [3.8, 4) is 0 Å². The van der Waals surface area contributed by atoms with Gasteiger partial charge in [-0.2, -0.15) is 0 Å². The average Bonchev–Trinajstić information content (AvgIpc) is 2.12. The van der Waals surface area contributed by atoms with E-state index in [2.05, 4.69) is 37.1 Å². The molecule has 3 heteroatoms. The van der Waals surface area contributed by atoms with E-state index in [0.29, 0.717) is 0 Å². The van der Waals surface area contributed by atoms with Gasteiger partial charge in [0.1, 0.15) is 0 Å². The van der Waals surface area contributed by atoms with Crippen LogP contribution in [0.3, 0.4) is 0 Å². The third kappa shape index (κ3) is 4.81. The van der Waals surface area contributed by atoms with Gasteiger partial charge in [-0.1, -0.05) is 0 Å². The minimum Gasteiger partial charge on any atom is -1.00 e. The third-order valence-electron chi connectivity index (χ3n) is 1.31. The lowest BCUT2D eigenvalue weighted by Crippen LogP contribution is -3.00. The van der Waals surface area contributed by atoms with Gasteiger partial charge in [-0.3, -0.25) is 0 Å². The van der Waals surface area contributed by atoms with Crippen molar-refractivity contribution >= 4 is 7.26 Å². The topological polar surface area (TPSA) is 15.8 Å². The minimum atomic E-state index is -0.636. The smallest absolute Gasteiger partial charge is 0.0982 e.